The van der Waals surface area contributed by atoms with Crippen molar-refractivity contribution in [2.45, 2.75) is 31.8 Å². The van der Waals surface area contributed by atoms with Crippen LogP contribution in [0.25, 0.3) is 6.08 Å². The molecular weight excluding hydrogens is 420 g/mol. The topological polar surface area (TPSA) is 57.7 Å². The summed E-state index contributed by atoms with van der Waals surface area (Å²) in [7, 11) is 0. The first kappa shape index (κ1) is 19.5. The van der Waals surface area contributed by atoms with Crippen LogP contribution in [0.15, 0.2) is 41.8 Å². The van der Waals surface area contributed by atoms with Gasteiger partial charge in [0, 0.05) is 17.3 Å². The molecule has 1 aromatic carbocycles. The smallest absolute Gasteiger partial charge is 0.235 e. The zero-order valence-corrected chi connectivity index (χ0v) is 18.0. The molecule has 4 heterocycles. The predicted octanol–water partition coefficient (Wildman–Crippen LogP) is 4.27. The van der Waals surface area contributed by atoms with E-state index >= 15 is 0 Å². The Morgan fingerprint density at radius 2 is 1.97 bits per heavy atom. The summed E-state index contributed by atoms with van der Waals surface area (Å²) in [5.41, 5.74) is 1.74. The summed E-state index contributed by atoms with van der Waals surface area (Å²) in [6.45, 7) is 2.45. The minimum absolute atomic E-state index is 0.0998. The number of fused-ring (bicyclic) bond motifs is 5. The molecule has 5 nitrogen and oxygen atoms in total. The fourth-order valence-corrected chi connectivity index (χ4v) is 5.89. The molecule has 4 atom stereocenters. The first-order valence-corrected chi connectivity index (χ1v) is 11.5. The van der Waals surface area contributed by atoms with Gasteiger partial charge in [-0.15, -0.1) is 11.3 Å². The molecule has 0 spiro atoms. The number of imide groups is 1. The third-order valence-corrected chi connectivity index (χ3v) is 7.45. The van der Waals surface area contributed by atoms with Crippen LogP contribution in [-0.2, 0) is 9.59 Å². The summed E-state index contributed by atoms with van der Waals surface area (Å²) in [5, 5.41) is 2.46. The van der Waals surface area contributed by atoms with E-state index in [-0.39, 0.29) is 23.6 Å². The highest BCUT2D eigenvalue weighted by Crippen LogP contribution is 2.49. The average molecular weight is 441 g/mol. The monoisotopic (exact) mass is 440 g/mol. The standard InChI is InChI=1S/C23H21ClN2O3S/c1-2-3-10-25-22(28)18-16-8-6-13-12-14(24)7-9-15(13)26(16)20(19(18)23(25)29)21(27)17-5-4-11-30-17/h4-9,11-12,16,18-20H,2-3,10H2,1H3/t16-,18-,19-,20+/m0/s1. The molecule has 3 aliphatic rings. The van der Waals surface area contributed by atoms with Crippen molar-refractivity contribution in [3.63, 3.8) is 0 Å². The van der Waals surface area contributed by atoms with Gasteiger partial charge in [-0.3, -0.25) is 19.3 Å². The van der Waals surface area contributed by atoms with Crippen molar-refractivity contribution < 1.29 is 14.4 Å². The third kappa shape index (κ3) is 2.77. The van der Waals surface area contributed by atoms with Crippen molar-refractivity contribution in [2.24, 2.45) is 11.8 Å². The van der Waals surface area contributed by atoms with Crippen LogP contribution in [0.3, 0.4) is 0 Å². The van der Waals surface area contributed by atoms with Gasteiger partial charge in [-0.2, -0.15) is 0 Å². The number of halogens is 1. The van der Waals surface area contributed by atoms with Gasteiger partial charge in [0.25, 0.3) is 0 Å². The maximum atomic E-state index is 13.6. The van der Waals surface area contributed by atoms with Crippen molar-refractivity contribution in [3.05, 3.63) is 57.3 Å². The highest BCUT2D eigenvalue weighted by atomic mass is 35.5. The number of Topliss-reactive ketones (excluding diaryl/α,β-unsaturated/α-hetero) is 1. The van der Waals surface area contributed by atoms with Crippen molar-refractivity contribution in [1.82, 2.24) is 4.90 Å². The summed E-state index contributed by atoms with van der Waals surface area (Å²) in [5.74, 6) is -1.68. The average Bonchev–Trinajstić information content (AvgIpc) is 3.43. The Morgan fingerprint density at radius 1 is 1.17 bits per heavy atom. The van der Waals surface area contributed by atoms with Gasteiger partial charge in [-0.1, -0.05) is 43.2 Å². The minimum atomic E-state index is -0.702. The molecule has 0 unspecified atom stereocenters. The maximum Gasteiger partial charge on any atom is 0.235 e. The molecule has 154 valence electrons. The molecule has 2 aromatic rings. The summed E-state index contributed by atoms with van der Waals surface area (Å²) in [6.07, 6.45) is 5.57. The number of hydrogen-bond acceptors (Lipinski definition) is 5. The Morgan fingerprint density at radius 3 is 2.70 bits per heavy atom. The molecule has 0 bridgehead atoms. The maximum absolute atomic E-state index is 13.6. The van der Waals surface area contributed by atoms with Crippen molar-refractivity contribution >= 4 is 52.3 Å². The van der Waals surface area contributed by atoms with Crippen LogP contribution in [0.1, 0.15) is 35.0 Å². The lowest BCUT2D eigenvalue weighted by atomic mass is 9.87. The Kier molecular flexibility index (Phi) is 4.79. The summed E-state index contributed by atoms with van der Waals surface area (Å²) < 4.78 is 0. The predicted molar refractivity (Wildman–Crippen MR) is 118 cm³/mol. The van der Waals surface area contributed by atoms with E-state index in [1.165, 1.54) is 16.2 Å². The van der Waals surface area contributed by atoms with Crippen LogP contribution in [0.4, 0.5) is 5.69 Å². The number of nitrogens with zero attached hydrogens (tertiary/aromatic N) is 2. The Bertz CT molecular complexity index is 1060. The molecule has 2 fully saturated rings. The number of carbonyl (C=O) groups excluding carboxylic acids is 3. The quantitative estimate of drug-likeness (QED) is 0.514. The molecule has 0 radical (unpaired) electrons. The Labute approximate surface area is 183 Å². The van der Waals surface area contributed by atoms with E-state index < -0.39 is 17.9 Å². The minimum Gasteiger partial charge on any atom is -0.352 e. The number of unbranched alkanes of at least 4 members (excludes halogenated alkanes) is 1. The van der Waals surface area contributed by atoms with Crippen molar-refractivity contribution in [2.75, 3.05) is 11.4 Å². The molecule has 0 N–H and O–H groups in total. The Balaban J connectivity index is 1.63. The largest absolute Gasteiger partial charge is 0.352 e. The second-order valence-electron chi connectivity index (χ2n) is 7.98. The molecular formula is C23H21ClN2O3S. The van der Waals surface area contributed by atoms with E-state index in [0.717, 1.165) is 24.1 Å². The lowest BCUT2D eigenvalue weighted by Crippen LogP contribution is -2.48. The van der Waals surface area contributed by atoms with Crippen LogP contribution in [0.5, 0.6) is 0 Å². The number of amides is 2. The highest BCUT2D eigenvalue weighted by Gasteiger charge is 2.63. The zero-order chi connectivity index (χ0) is 21.0. The molecule has 2 saturated heterocycles. The van der Waals surface area contributed by atoms with Gasteiger partial charge in [0.15, 0.2) is 5.78 Å². The third-order valence-electron chi connectivity index (χ3n) is 6.33. The number of carbonyl (C=O) groups is 3. The Hall–Kier alpha value is -2.44. The van der Waals surface area contributed by atoms with E-state index in [1.54, 1.807) is 12.1 Å². The van der Waals surface area contributed by atoms with Gasteiger partial charge in [-0.05, 0) is 41.6 Å². The normalized spacial score (nSPS) is 26.7. The highest BCUT2D eigenvalue weighted by molar-refractivity contribution is 7.12. The number of thiophene rings is 1. The first-order chi connectivity index (χ1) is 14.5. The summed E-state index contributed by atoms with van der Waals surface area (Å²) in [6, 6.07) is 8.12. The molecule has 3 aliphatic heterocycles. The van der Waals surface area contributed by atoms with E-state index in [1.807, 2.05) is 47.6 Å². The van der Waals surface area contributed by atoms with E-state index in [0.29, 0.717) is 16.4 Å². The van der Waals surface area contributed by atoms with Crippen LogP contribution >= 0.6 is 22.9 Å². The van der Waals surface area contributed by atoms with Crippen LogP contribution in [-0.4, -0.2) is 41.1 Å². The summed E-state index contributed by atoms with van der Waals surface area (Å²) >= 11 is 7.54. The number of hydrogen-bond donors (Lipinski definition) is 0. The summed E-state index contributed by atoms with van der Waals surface area (Å²) in [4.78, 5) is 44.2. The van der Waals surface area contributed by atoms with Crippen LogP contribution < -0.4 is 4.90 Å². The number of anilines is 1. The zero-order valence-electron chi connectivity index (χ0n) is 16.5. The van der Waals surface area contributed by atoms with Gasteiger partial charge in [0.1, 0.15) is 6.04 Å². The fraction of sp³-hybridized carbons (Fsp3) is 0.348. The van der Waals surface area contributed by atoms with Gasteiger partial charge in [-0.25, -0.2) is 0 Å². The van der Waals surface area contributed by atoms with E-state index in [2.05, 4.69) is 0 Å². The van der Waals surface area contributed by atoms with E-state index in [4.69, 9.17) is 11.6 Å². The molecule has 5 rings (SSSR count). The van der Waals surface area contributed by atoms with Gasteiger partial charge in [0.05, 0.1) is 22.8 Å². The fourth-order valence-electron chi connectivity index (χ4n) is 5.01. The molecule has 0 saturated carbocycles. The molecule has 0 aliphatic carbocycles. The first-order valence-electron chi connectivity index (χ1n) is 10.2. The lowest BCUT2D eigenvalue weighted by Gasteiger charge is -2.36. The SMILES string of the molecule is CCCCN1C(=O)[C@@H]2[C@H](C1=O)[C@H](C(=O)c1cccs1)N1c3ccc(Cl)cc3C=C[C@@H]21. The van der Waals surface area contributed by atoms with Gasteiger partial charge in [0.2, 0.25) is 11.8 Å². The molecule has 7 heteroatoms. The molecule has 1 aromatic heterocycles. The van der Waals surface area contributed by atoms with Gasteiger partial charge < -0.3 is 4.90 Å². The molecule has 30 heavy (non-hydrogen) atoms. The van der Waals surface area contributed by atoms with Crippen molar-refractivity contribution in [1.29, 1.82) is 0 Å². The van der Waals surface area contributed by atoms with E-state index in [9.17, 15) is 14.4 Å². The number of rotatable bonds is 5. The van der Waals surface area contributed by atoms with Crippen LogP contribution in [0.2, 0.25) is 5.02 Å². The van der Waals surface area contributed by atoms with Crippen LogP contribution in [0, 0.1) is 11.8 Å². The lowest BCUT2D eigenvalue weighted by molar-refractivity contribution is -0.140. The second-order valence-corrected chi connectivity index (χ2v) is 9.36. The number of likely N-dealkylation sites (tertiary alicyclic amines) is 1. The number of ketones is 1. The van der Waals surface area contributed by atoms with Crippen molar-refractivity contribution in [3.8, 4) is 0 Å². The second kappa shape index (κ2) is 7.36. The number of benzene rings is 1. The van der Waals surface area contributed by atoms with Gasteiger partial charge >= 0.3 is 0 Å². The molecule has 2 amide bonds.